The molecular weight excluding hydrogens is 438 g/mol. The number of aliphatic hydroxyl groups is 1. The quantitative estimate of drug-likeness (QED) is 0.294. The van der Waals surface area contributed by atoms with Gasteiger partial charge in [-0.2, -0.15) is 0 Å². The second-order valence-corrected chi connectivity index (χ2v) is 9.97. The summed E-state index contributed by atoms with van der Waals surface area (Å²) in [6.07, 6.45) is -3.20. The van der Waals surface area contributed by atoms with E-state index in [4.69, 9.17) is 5.21 Å². The van der Waals surface area contributed by atoms with E-state index in [0.717, 1.165) is 28.5 Å². The zero-order valence-electron chi connectivity index (χ0n) is 15.6. The topological polar surface area (TPSA) is 81.6 Å². The highest BCUT2D eigenvalue weighted by atomic mass is 32.1. The molecule has 2 unspecified atom stereocenters. The van der Waals surface area contributed by atoms with Crippen molar-refractivity contribution in [1.29, 1.82) is 0 Å². The SMILES string of the molecule is CC(NCc1ccc(-c2ccc(-c3cccs3)s2)s1)(C(=O)NO)C(C)(O)C(F)F. The summed E-state index contributed by atoms with van der Waals surface area (Å²) >= 11 is 4.80. The first-order valence-electron chi connectivity index (χ1n) is 8.62. The highest BCUT2D eigenvalue weighted by Gasteiger charge is 2.55. The van der Waals surface area contributed by atoms with Gasteiger partial charge in [-0.3, -0.25) is 15.3 Å². The third kappa shape index (κ3) is 4.27. The average molecular weight is 459 g/mol. The fourth-order valence-corrected chi connectivity index (χ4v) is 5.59. The van der Waals surface area contributed by atoms with Gasteiger partial charge in [0.05, 0.1) is 0 Å². The minimum absolute atomic E-state index is 0.0701. The van der Waals surface area contributed by atoms with E-state index in [-0.39, 0.29) is 6.54 Å². The lowest BCUT2D eigenvalue weighted by Crippen LogP contribution is -2.69. The van der Waals surface area contributed by atoms with Crippen LogP contribution < -0.4 is 10.8 Å². The molecule has 0 aliphatic heterocycles. The van der Waals surface area contributed by atoms with E-state index >= 15 is 0 Å². The number of halogens is 2. The Morgan fingerprint density at radius 1 is 1.07 bits per heavy atom. The lowest BCUT2D eigenvalue weighted by Gasteiger charge is -2.40. The zero-order chi connectivity index (χ0) is 21.2. The van der Waals surface area contributed by atoms with E-state index in [1.807, 2.05) is 29.6 Å². The maximum absolute atomic E-state index is 13.3. The van der Waals surface area contributed by atoms with Gasteiger partial charge in [-0.15, -0.1) is 34.0 Å². The first-order valence-corrected chi connectivity index (χ1v) is 11.1. The Bertz CT molecular complexity index is 969. The Kier molecular flexibility index (Phi) is 6.51. The van der Waals surface area contributed by atoms with Crippen molar-refractivity contribution in [3.8, 4) is 19.5 Å². The number of carbonyl (C=O) groups is 1. The van der Waals surface area contributed by atoms with Crippen LogP contribution in [0.3, 0.4) is 0 Å². The van der Waals surface area contributed by atoms with Gasteiger partial charge in [0.2, 0.25) is 0 Å². The second kappa shape index (κ2) is 8.58. The number of hydrogen-bond donors (Lipinski definition) is 4. The fourth-order valence-electron chi connectivity index (χ4n) is 2.71. The van der Waals surface area contributed by atoms with Crippen LogP contribution in [0, 0.1) is 0 Å². The number of nitrogens with one attached hydrogen (secondary N) is 2. The van der Waals surface area contributed by atoms with E-state index in [1.165, 1.54) is 26.6 Å². The van der Waals surface area contributed by atoms with Gasteiger partial charge in [0, 0.05) is 30.9 Å². The molecule has 0 fully saturated rings. The molecule has 3 heterocycles. The van der Waals surface area contributed by atoms with Gasteiger partial charge >= 0.3 is 0 Å². The van der Waals surface area contributed by atoms with E-state index in [1.54, 1.807) is 22.7 Å². The summed E-state index contributed by atoms with van der Waals surface area (Å²) in [6, 6.07) is 11.9. The first kappa shape index (κ1) is 22.0. The molecule has 10 heteroatoms. The highest BCUT2D eigenvalue weighted by Crippen LogP contribution is 2.39. The number of hydroxylamine groups is 1. The van der Waals surface area contributed by atoms with Crippen LogP contribution >= 0.6 is 34.0 Å². The third-order valence-corrected chi connectivity index (χ3v) is 8.32. The molecule has 0 aromatic carbocycles. The molecule has 29 heavy (non-hydrogen) atoms. The van der Waals surface area contributed by atoms with Gasteiger partial charge in [-0.1, -0.05) is 6.07 Å². The maximum Gasteiger partial charge on any atom is 0.268 e. The lowest BCUT2D eigenvalue weighted by molar-refractivity contribution is -0.167. The summed E-state index contributed by atoms with van der Waals surface area (Å²) in [6.45, 7) is 2.06. The molecular formula is C19H20F2N2O3S3. The van der Waals surface area contributed by atoms with Crippen LogP contribution in [-0.4, -0.2) is 33.8 Å². The molecule has 0 radical (unpaired) electrons. The molecule has 1 amide bonds. The number of hydrogen-bond acceptors (Lipinski definition) is 7. The average Bonchev–Trinajstić information content (AvgIpc) is 3.45. The standard InChI is InChI=1S/C19H20F2N2O3S3/c1-18(17(24)23-26,19(2,25)16(20)21)22-10-11-5-6-14(28-11)15-8-7-13(29-15)12-4-3-9-27-12/h3-9,16,22,25-26H,10H2,1-2H3,(H,23,24). The molecule has 3 aromatic heterocycles. The predicted octanol–water partition coefficient (Wildman–Crippen LogP) is 4.57. The molecule has 3 aromatic rings. The number of carbonyl (C=O) groups excluding carboxylic acids is 1. The number of thiophene rings is 3. The van der Waals surface area contributed by atoms with E-state index < -0.39 is 23.5 Å². The van der Waals surface area contributed by atoms with Crippen LogP contribution in [0.2, 0.25) is 0 Å². The largest absolute Gasteiger partial charge is 0.382 e. The molecule has 0 aliphatic carbocycles. The predicted molar refractivity (Wildman–Crippen MR) is 113 cm³/mol. The first-order chi connectivity index (χ1) is 13.7. The van der Waals surface area contributed by atoms with Gasteiger partial charge in [0.15, 0.2) is 0 Å². The van der Waals surface area contributed by atoms with Crippen molar-refractivity contribution in [2.45, 2.75) is 38.0 Å². The van der Waals surface area contributed by atoms with E-state index in [2.05, 4.69) is 17.4 Å². The van der Waals surface area contributed by atoms with E-state index in [0.29, 0.717) is 0 Å². The van der Waals surface area contributed by atoms with Crippen molar-refractivity contribution in [2.75, 3.05) is 0 Å². The Morgan fingerprint density at radius 3 is 2.28 bits per heavy atom. The van der Waals surface area contributed by atoms with Crippen LogP contribution in [-0.2, 0) is 11.3 Å². The van der Waals surface area contributed by atoms with Crippen molar-refractivity contribution < 1.29 is 23.9 Å². The van der Waals surface area contributed by atoms with Crippen molar-refractivity contribution in [2.24, 2.45) is 0 Å². The van der Waals surface area contributed by atoms with Crippen LogP contribution in [0.5, 0.6) is 0 Å². The highest BCUT2D eigenvalue weighted by molar-refractivity contribution is 7.26. The summed E-state index contributed by atoms with van der Waals surface area (Å²) in [5.41, 5.74) is -3.43. The Labute approximate surface area is 178 Å². The van der Waals surface area contributed by atoms with Crippen molar-refractivity contribution in [3.63, 3.8) is 0 Å². The molecule has 5 nitrogen and oxygen atoms in total. The van der Waals surface area contributed by atoms with Crippen LogP contribution in [0.4, 0.5) is 8.78 Å². The van der Waals surface area contributed by atoms with Crippen LogP contribution in [0.25, 0.3) is 19.5 Å². The Balaban J connectivity index is 1.76. The summed E-state index contributed by atoms with van der Waals surface area (Å²) < 4.78 is 26.7. The molecule has 0 bridgehead atoms. The van der Waals surface area contributed by atoms with Gasteiger partial charge < -0.3 is 5.11 Å². The minimum Gasteiger partial charge on any atom is -0.382 e. The monoisotopic (exact) mass is 458 g/mol. The van der Waals surface area contributed by atoms with Gasteiger partial charge in [-0.05, 0) is 49.6 Å². The zero-order valence-corrected chi connectivity index (χ0v) is 18.1. The van der Waals surface area contributed by atoms with Gasteiger partial charge in [0.25, 0.3) is 12.3 Å². The number of alkyl halides is 2. The fraction of sp³-hybridized carbons (Fsp3) is 0.316. The molecule has 156 valence electrons. The maximum atomic E-state index is 13.3. The normalized spacial score (nSPS) is 15.8. The molecule has 4 N–H and O–H groups in total. The molecule has 0 aliphatic rings. The van der Waals surface area contributed by atoms with Crippen LogP contribution in [0.15, 0.2) is 41.8 Å². The number of rotatable bonds is 8. The Hall–Kier alpha value is -1.69. The molecule has 3 rings (SSSR count). The summed E-state index contributed by atoms with van der Waals surface area (Å²) in [7, 11) is 0. The Morgan fingerprint density at radius 2 is 1.69 bits per heavy atom. The molecule has 2 atom stereocenters. The molecule has 0 spiro atoms. The smallest absolute Gasteiger partial charge is 0.268 e. The summed E-state index contributed by atoms with van der Waals surface area (Å²) in [5, 5.41) is 23.9. The molecule has 0 saturated carbocycles. The third-order valence-electron chi connectivity index (χ3n) is 4.88. The summed E-state index contributed by atoms with van der Waals surface area (Å²) in [4.78, 5) is 17.3. The van der Waals surface area contributed by atoms with Gasteiger partial charge in [0.1, 0.15) is 11.1 Å². The summed E-state index contributed by atoms with van der Waals surface area (Å²) in [5.74, 6) is -1.14. The molecule has 0 saturated heterocycles. The van der Waals surface area contributed by atoms with Gasteiger partial charge in [-0.25, -0.2) is 14.3 Å². The van der Waals surface area contributed by atoms with Crippen LogP contribution in [0.1, 0.15) is 18.7 Å². The van der Waals surface area contributed by atoms with E-state index in [9.17, 15) is 18.7 Å². The van der Waals surface area contributed by atoms with Crippen molar-refractivity contribution in [3.05, 3.63) is 46.7 Å². The van der Waals surface area contributed by atoms with Crippen molar-refractivity contribution in [1.82, 2.24) is 10.8 Å². The van der Waals surface area contributed by atoms with Crippen molar-refractivity contribution >= 4 is 39.9 Å². The number of amides is 1. The second-order valence-electron chi connectivity index (χ2n) is 6.77. The minimum atomic E-state index is -3.20. The lowest BCUT2D eigenvalue weighted by atomic mass is 9.81.